The molecular weight excluding hydrogens is 914 g/mol. The van der Waals surface area contributed by atoms with Crippen LogP contribution >= 0.6 is 0 Å². The smallest absolute Gasteiger partial charge is 0.148 e. The molecule has 0 saturated heterocycles. The number of benzene rings is 6. The third kappa shape index (κ3) is 8.28. The molecule has 1 N–H and O–H groups in total. The molecule has 0 aliphatic carbocycles. The van der Waals surface area contributed by atoms with Gasteiger partial charge in [0, 0.05) is 50.9 Å². The standard InChI is InChI=1S/C55H54N3O.Pt/c1-10-55(8,9)42-27-28-48(46(35-42)37-17-12-11-13-18-37)58-49-21-16-20-44(51(49)57-52(58)45-19-14-15-22-50(45)59)39-31-40(33-43(32-39)54(5,6)7)47-34-38(29-30-56-47)36-23-25-41(26-24-36)53(2,3)4;/h11-30,32-35,59H,10H2,1-9H3;/q-1;/i2D3,3D3,4D3;. The summed E-state index contributed by atoms with van der Waals surface area (Å²) in [6.45, 7) is 3.03. The number of rotatable bonds is 8. The number of fused-ring (bicyclic) bond motifs is 1. The third-order valence-corrected chi connectivity index (χ3v) is 11.5. The first-order chi connectivity index (χ1) is 31.9. The maximum Gasteiger partial charge on any atom is 0.148 e. The van der Waals surface area contributed by atoms with Crippen LogP contribution in [0.15, 0.2) is 146 Å². The van der Waals surface area contributed by atoms with Crippen molar-refractivity contribution in [3.63, 3.8) is 0 Å². The molecule has 0 saturated carbocycles. The van der Waals surface area contributed by atoms with E-state index in [0.717, 1.165) is 45.4 Å². The Balaban J connectivity index is 0.00000703. The Labute approximate surface area is 383 Å². The normalized spacial score (nSPS) is 14.9. The fraction of sp³-hybridized carbons (Fsp3) is 0.236. The van der Waals surface area contributed by atoms with Crippen molar-refractivity contribution < 1.29 is 38.5 Å². The van der Waals surface area contributed by atoms with Gasteiger partial charge in [-0.05, 0) is 86.9 Å². The molecule has 0 radical (unpaired) electrons. The Morgan fingerprint density at radius 1 is 0.617 bits per heavy atom. The molecule has 0 atom stereocenters. The second-order valence-corrected chi connectivity index (χ2v) is 17.0. The van der Waals surface area contributed by atoms with E-state index in [1.54, 1.807) is 36.5 Å². The molecule has 0 unspecified atom stereocenters. The van der Waals surface area contributed by atoms with Crippen LogP contribution in [0.2, 0.25) is 0 Å². The first-order valence-corrected chi connectivity index (χ1v) is 20.0. The zero-order valence-corrected chi connectivity index (χ0v) is 36.9. The Hall–Kier alpha value is -5.57. The van der Waals surface area contributed by atoms with Crippen LogP contribution in [0.25, 0.3) is 72.7 Å². The van der Waals surface area contributed by atoms with E-state index in [4.69, 9.17) is 22.3 Å². The maximum absolute atomic E-state index is 11.4. The van der Waals surface area contributed by atoms with Crippen molar-refractivity contribution in [3.8, 4) is 67.5 Å². The summed E-state index contributed by atoms with van der Waals surface area (Å²) in [4.78, 5) is 10.2. The SMILES string of the molecule is [2H]C([2H])([2H])C(c1ccc(-c2ccnc(-c3[c-]c(-c4cccc5c4nc(-c4ccccc4O)n5-c4ccc(C(C)(C)CC)cc4-c4ccccc4)cc(C(C)(C)C)c3)c2)cc1)(C([2H])([2H])[2H])C([2H])([2H])[2H].[Pt]. The number of hydrogen-bond donors (Lipinski definition) is 1. The van der Waals surface area contributed by atoms with Crippen LogP contribution in [0.4, 0.5) is 0 Å². The Bertz CT molecular complexity index is 3110. The molecule has 306 valence electrons. The van der Waals surface area contributed by atoms with Gasteiger partial charge in [0.1, 0.15) is 11.6 Å². The van der Waals surface area contributed by atoms with E-state index in [0.29, 0.717) is 39.3 Å². The van der Waals surface area contributed by atoms with Crippen molar-refractivity contribution in [2.75, 3.05) is 0 Å². The minimum Gasteiger partial charge on any atom is -0.507 e. The van der Waals surface area contributed by atoms with Crippen molar-refractivity contribution in [2.45, 2.75) is 84.8 Å². The van der Waals surface area contributed by atoms with Gasteiger partial charge in [0.2, 0.25) is 0 Å². The minimum atomic E-state index is -3.36. The van der Waals surface area contributed by atoms with Gasteiger partial charge in [-0.2, -0.15) is 0 Å². The van der Waals surface area contributed by atoms with E-state index in [1.807, 2.05) is 48.5 Å². The van der Waals surface area contributed by atoms with Crippen LogP contribution < -0.4 is 0 Å². The molecule has 0 bridgehead atoms. The van der Waals surface area contributed by atoms with Crippen molar-refractivity contribution >= 4 is 11.0 Å². The van der Waals surface area contributed by atoms with Crippen LogP contribution in [-0.2, 0) is 37.3 Å². The van der Waals surface area contributed by atoms with Crippen LogP contribution in [-0.4, -0.2) is 19.6 Å². The van der Waals surface area contributed by atoms with Gasteiger partial charge in [-0.1, -0.05) is 164 Å². The van der Waals surface area contributed by atoms with Gasteiger partial charge in [0.15, 0.2) is 0 Å². The van der Waals surface area contributed by atoms with E-state index in [9.17, 15) is 5.11 Å². The number of pyridine rings is 1. The van der Waals surface area contributed by atoms with E-state index in [2.05, 4.69) is 101 Å². The monoisotopic (exact) mass is 976 g/mol. The molecule has 6 aromatic carbocycles. The van der Waals surface area contributed by atoms with Crippen LogP contribution in [0.3, 0.4) is 0 Å². The molecule has 8 aromatic rings. The number of phenolic OH excluding ortho intramolecular Hbond substituents is 1. The molecule has 0 aliphatic rings. The fourth-order valence-corrected chi connectivity index (χ4v) is 7.56. The van der Waals surface area contributed by atoms with Gasteiger partial charge in [0.05, 0.1) is 22.3 Å². The average molecular weight is 977 g/mol. The molecule has 8 rings (SSSR count). The third-order valence-electron chi connectivity index (χ3n) is 11.5. The largest absolute Gasteiger partial charge is 0.507 e. The summed E-state index contributed by atoms with van der Waals surface area (Å²) in [7, 11) is 0. The summed E-state index contributed by atoms with van der Waals surface area (Å²) in [5.74, 6) is 0.678. The van der Waals surface area contributed by atoms with Gasteiger partial charge in [-0.15, -0.1) is 29.3 Å². The molecule has 0 aliphatic heterocycles. The van der Waals surface area contributed by atoms with E-state index in [1.165, 1.54) is 17.7 Å². The number of aromatic nitrogens is 3. The summed E-state index contributed by atoms with van der Waals surface area (Å²) in [5.41, 5.74) is 7.74. The second-order valence-electron chi connectivity index (χ2n) is 17.0. The first-order valence-electron chi connectivity index (χ1n) is 24.5. The zero-order valence-electron chi connectivity index (χ0n) is 43.7. The topological polar surface area (TPSA) is 50.9 Å². The number of phenols is 1. The molecule has 4 nitrogen and oxygen atoms in total. The predicted molar refractivity (Wildman–Crippen MR) is 247 cm³/mol. The molecule has 2 heterocycles. The maximum atomic E-state index is 11.4. The van der Waals surface area contributed by atoms with Gasteiger partial charge in [-0.3, -0.25) is 9.55 Å². The number of para-hydroxylation sites is 2. The zero-order chi connectivity index (χ0) is 49.2. The van der Waals surface area contributed by atoms with Gasteiger partial charge in [-0.25, -0.2) is 4.98 Å². The first kappa shape index (κ1) is 32.2. The Kier molecular flexibility index (Phi) is 8.85. The van der Waals surface area contributed by atoms with E-state index in [-0.39, 0.29) is 43.2 Å². The molecule has 5 heteroatoms. The number of aromatic hydroxyl groups is 1. The van der Waals surface area contributed by atoms with Crippen molar-refractivity contribution in [2.24, 2.45) is 0 Å². The van der Waals surface area contributed by atoms with Crippen molar-refractivity contribution in [1.29, 1.82) is 0 Å². The Morgan fingerprint density at radius 2 is 1.30 bits per heavy atom. The van der Waals surface area contributed by atoms with E-state index >= 15 is 0 Å². The summed E-state index contributed by atoms with van der Waals surface area (Å²) in [6.07, 6.45) is 2.61. The fourth-order valence-electron chi connectivity index (χ4n) is 7.56. The molecule has 0 amide bonds. The van der Waals surface area contributed by atoms with Crippen LogP contribution in [0.1, 0.15) is 97.5 Å². The number of nitrogens with zero attached hydrogens (tertiary/aromatic N) is 3. The number of hydrogen-bond acceptors (Lipinski definition) is 3. The summed E-state index contributed by atoms with van der Waals surface area (Å²) in [6, 6.07) is 47.5. The van der Waals surface area contributed by atoms with Gasteiger partial charge in [0.25, 0.3) is 0 Å². The molecule has 0 fully saturated rings. The quantitative estimate of drug-likeness (QED) is 0.154. The van der Waals surface area contributed by atoms with Crippen LogP contribution in [0.5, 0.6) is 5.75 Å². The van der Waals surface area contributed by atoms with Crippen molar-refractivity contribution in [1.82, 2.24) is 14.5 Å². The molecule has 60 heavy (non-hydrogen) atoms. The average Bonchev–Trinajstić information content (AvgIpc) is 3.67. The van der Waals surface area contributed by atoms with Crippen LogP contribution in [0, 0.1) is 6.07 Å². The van der Waals surface area contributed by atoms with E-state index < -0.39 is 26.0 Å². The second kappa shape index (κ2) is 16.5. The molecular formula is C55H54N3OPt-. The summed E-state index contributed by atoms with van der Waals surface area (Å²) >= 11 is 0. The van der Waals surface area contributed by atoms with Crippen molar-refractivity contribution in [3.05, 3.63) is 168 Å². The Morgan fingerprint density at radius 3 is 2.00 bits per heavy atom. The summed E-state index contributed by atoms with van der Waals surface area (Å²) in [5, 5.41) is 11.4. The van der Waals surface area contributed by atoms with Gasteiger partial charge >= 0.3 is 0 Å². The molecule has 0 spiro atoms. The predicted octanol–water partition coefficient (Wildman–Crippen LogP) is 14.5. The molecule has 2 aromatic heterocycles. The number of imidazole rings is 1. The van der Waals surface area contributed by atoms with Gasteiger partial charge < -0.3 is 5.11 Å². The summed E-state index contributed by atoms with van der Waals surface area (Å²) < 4.78 is 75.7. The minimum absolute atomic E-state index is 0.